The average Bonchev–Trinajstić information content (AvgIpc) is 2.93. The van der Waals surface area contributed by atoms with Crippen LogP contribution in [0.15, 0.2) is 291 Å². The summed E-state index contributed by atoms with van der Waals surface area (Å²) in [7, 11) is 0. The minimum Gasteiger partial charge on any atom is -0.309 e. The Labute approximate surface area is 473 Å². The number of fused-ring (bicyclic) bond motifs is 20. The van der Waals surface area contributed by atoms with E-state index < -0.39 is 10.8 Å². The number of hydrogen-bond acceptors (Lipinski definition) is 2. The molecule has 0 bridgehead atoms. The van der Waals surface area contributed by atoms with Crippen molar-refractivity contribution >= 4 is 81.1 Å². The quantitative estimate of drug-likeness (QED) is 0.161. The van der Waals surface area contributed by atoms with Crippen molar-refractivity contribution in [3.05, 3.63) is 336 Å². The normalized spacial score (nSPS) is 15.1. The summed E-state index contributed by atoms with van der Waals surface area (Å²) < 4.78 is 5.16. The summed E-state index contributed by atoms with van der Waals surface area (Å²) >= 11 is 1.87. The van der Waals surface area contributed by atoms with Crippen LogP contribution in [0.25, 0.3) is 91.8 Å². The SMILES string of the molecule is c1ccc(C2(c3ccccc3)c3ccccc3-c3c2cc(N(c2ccc(-c4ccc5c(c4)sc4ccccc45)cc2)c2cccc4c2-c2ccccc2C42c4ccccc4-n4c5ccccc5c5cccc2c54)c2ccccc32)cc1. The van der Waals surface area contributed by atoms with E-state index in [0.29, 0.717) is 0 Å². The minimum atomic E-state index is -0.624. The zero-order valence-corrected chi connectivity index (χ0v) is 44.8. The second kappa shape index (κ2) is 16.7. The van der Waals surface area contributed by atoms with Crippen molar-refractivity contribution in [2.24, 2.45) is 0 Å². The minimum absolute atomic E-state index is 0.619. The molecule has 0 saturated carbocycles. The van der Waals surface area contributed by atoms with Crippen molar-refractivity contribution < 1.29 is 0 Å². The molecule has 1 unspecified atom stereocenters. The van der Waals surface area contributed by atoms with Crippen LogP contribution in [0.5, 0.6) is 0 Å². The molecule has 1 aliphatic heterocycles. The lowest BCUT2D eigenvalue weighted by Gasteiger charge is -2.40. The number of thiophene rings is 1. The van der Waals surface area contributed by atoms with E-state index in [4.69, 9.17) is 0 Å². The summed E-state index contributed by atoms with van der Waals surface area (Å²) in [5.74, 6) is 0. The number of hydrogen-bond donors (Lipinski definition) is 0. The van der Waals surface area contributed by atoms with Gasteiger partial charge in [-0.05, 0) is 126 Å². The molecule has 15 aromatic rings. The van der Waals surface area contributed by atoms with Gasteiger partial charge in [-0.1, -0.05) is 243 Å². The maximum absolute atomic E-state index is 2.62. The Bertz CT molecular complexity index is 5080. The van der Waals surface area contributed by atoms with Crippen molar-refractivity contribution in [2.75, 3.05) is 4.90 Å². The van der Waals surface area contributed by atoms with Crippen molar-refractivity contribution in [2.45, 2.75) is 10.8 Å². The molecule has 3 heterocycles. The molecule has 3 aliphatic rings. The van der Waals surface area contributed by atoms with Gasteiger partial charge in [0.25, 0.3) is 0 Å². The molecule has 81 heavy (non-hydrogen) atoms. The molecule has 13 aromatic carbocycles. The second-order valence-corrected chi connectivity index (χ2v) is 23.2. The zero-order chi connectivity index (χ0) is 53.0. The van der Waals surface area contributed by atoms with Gasteiger partial charge in [0.15, 0.2) is 0 Å². The molecule has 0 amide bonds. The molecule has 0 saturated heterocycles. The highest BCUT2D eigenvalue weighted by molar-refractivity contribution is 7.25. The topological polar surface area (TPSA) is 8.17 Å². The highest BCUT2D eigenvalue weighted by Gasteiger charge is 2.52. The number of para-hydroxylation sites is 3. The Kier molecular flexibility index (Phi) is 9.27. The van der Waals surface area contributed by atoms with Crippen molar-refractivity contribution in [3.8, 4) is 39.1 Å². The van der Waals surface area contributed by atoms with E-state index in [1.165, 1.54) is 136 Å². The number of nitrogens with zero attached hydrogens (tertiary/aromatic N) is 2. The van der Waals surface area contributed by atoms with Gasteiger partial charge >= 0.3 is 0 Å². The summed E-state index contributed by atoms with van der Waals surface area (Å²) in [6.07, 6.45) is 0. The van der Waals surface area contributed by atoms with Gasteiger partial charge in [-0.3, -0.25) is 0 Å². The Balaban J connectivity index is 0.947. The Morgan fingerprint density at radius 1 is 0.309 bits per heavy atom. The predicted octanol–water partition coefficient (Wildman–Crippen LogP) is 20.5. The van der Waals surface area contributed by atoms with Gasteiger partial charge in [-0.25, -0.2) is 0 Å². The van der Waals surface area contributed by atoms with Gasteiger partial charge in [0.1, 0.15) is 0 Å². The molecule has 1 spiro atoms. The second-order valence-electron chi connectivity index (χ2n) is 22.1. The monoisotopic (exact) mass is 1040 g/mol. The summed E-state index contributed by atoms with van der Waals surface area (Å²) in [6, 6.07) is 110. The van der Waals surface area contributed by atoms with E-state index in [9.17, 15) is 0 Å². The van der Waals surface area contributed by atoms with Gasteiger partial charge in [0, 0.05) is 47.6 Å². The smallest absolute Gasteiger partial charge is 0.0755 e. The molecule has 0 radical (unpaired) electrons. The van der Waals surface area contributed by atoms with Crippen LogP contribution in [0, 0.1) is 0 Å². The largest absolute Gasteiger partial charge is 0.309 e. The maximum Gasteiger partial charge on any atom is 0.0755 e. The van der Waals surface area contributed by atoms with E-state index in [0.717, 1.165) is 17.1 Å². The van der Waals surface area contributed by atoms with Crippen molar-refractivity contribution in [1.82, 2.24) is 4.57 Å². The summed E-state index contributed by atoms with van der Waals surface area (Å²) in [6.45, 7) is 0. The van der Waals surface area contributed by atoms with Crippen LogP contribution in [0.3, 0.4) is 0 Å². The summed E-state index contributed by atoms with van der Waals surface area (Å²) in [5.41, 5.74) is 23.5. The lowest BCUT2D eigenvalue weighted by molar-refractivity contribution is 0.748. The Hall–Kier alpha value is -10.1. The van der Waals surface area contributed by atoms with Crippen LogP contribution >= 0.6 is 11.3 Å². The first-order chi connectivity index (χ1) is 40.2. The molecule has 0 N–H and O–H groups in total. The third kappa shape index (κ3) is 5.85. The van der Waals surface area contributed by atoms with Crippen molar-refractivity contribution in [1.29, 1.82) is 0 Å². The number of anilines is 3. The fourth-order valence-electron chi connectivity index (χ4n) is 15.4. The first-order valence-corrected chi connectivity index (χ1v) is 29.0. The van der Waals surface area contributed by atoms with E-state index in [2.05, 4.69) is 301 Å². The van der Waals surface area contributed by atoms with Gasteiger partial charge in [0.05, 0.1) is 38.9 Å². The average molecular weight is 1050 g/mol. The molecule has 1 atom stereocenters. The van der Waals surface area contributed by atoms with E-state index >= 15 is 0 Å². The molecule has 18 rings (SSSR count). The van der Waals surface area contributed by atoms with Crippen LogP contribution in [0.4, 0.5) is 17.1 Å². The number of benzene rings is 13. The zero-order valence-electron chi connectivity index (χ0n) is 44.0. The highest BCUT2D eigenvalue weighted by Crippen LogP contribution is 2.65. The third-order valence-corrected chi connectivity index (χ3v) is 19.6. The van der Waals surface area contributed by atoms with Gasteiger partial charge in [-0.15, -0.1) is 11.3 Å². The molecular weight excluding hydrogens is 997 g/mol. The van der Waals surface area contributed by atoms with E-state index in [1.54, 1.807) is 0 Å². The summed E-state index contributed by atoms with van der Waals surface area (Å²) in [5, 5.41) is 7.60. The van der Waals surface area contributed by atoms with E-state index in [-0.39, 0.29) is 0 Å². The van der Waals surface area contributed by atoms with Crippen LogP contribution in [-0.4, -0.2) is 4.57 Å². The fraction of sp³-hybridized carbons (Fsp3) is 0.0256. The Morgan fingerprint density at radius 2 is 0.864 bits per heavy atom. The van der Waals surface area contributed by atoms with Gasteiger partial charge < -0.3 is 9.47 Å². The molecular formula is C78H48N2S. The fourth-order valence-corrected chi connectivity index (χ4v) is 16.5. The first kappa shape index (κ1) is 44.9. The van der Waals surface area contributed by atoms with Crippen LogP contribution in [0.1, 0.15) is 44.5 Å². The number of aromatic nitrogens is 1. The van der Waals surface area contributed by atoms with Crippen LogP contribution in [-0.2, 0) is 10.8 Å². The molecule has 2 aliphatic carbocycles. The molecule has 2 nitrogen and oxygen atoms in total. The maximum atomic E-state index is 2.62. The molecule has 0 fully saturated rings. The van der Waals surface area contributed by atoms with Crippen LogP contribution < -0.4 is 4.90 Å². The highest BCUT2D eigenvalue weighted by atomic mass is 32.1. The third-order valence-electron chi connectivity index (χ3n) is 18.5. The first-order valence-electron chi connectivity index (χ1n) is 28.2. The Morgan fingerprint density at radius 3 is 1.64 bits per heavy atom. The number of rotatable bonds is 6. The standard InChI is InChI=1S/C78H48N2S/c1-3-21-51(22-4-1)77(52-23-5-2-6-24-52)62-32-13-9-29-60(62)74-58-28-8-7-25-54(58)71(48-67(74)77)79(53-44-41-49(42-45-53)50-43-46-57-56-27-12-18-40-72(56)81-73(57)47-50)70-39-20-35-65-75(70)61-30-10-14-33-63(61)78(65)64-34-15-17-38-69(64)80-68-37-16-11-26-55(68)59-31-19-36-66(78)76(59)80/h1-48H. The molecule has 376 valence electrons. The molecule has 2 aromatic heterocycles. The van der Waals surface area contributed by atoms with Crippen molar-refractivity contribution in [3.63, 3.8) is 0 Å². The predicted molar refractivity (Wildman–Crippen MR) is 339 cm³/mol. The lowest BCUT2D eigenvalue weighted by Crippen LogP contribution is -2.33. The van der Waals surface area contributed by atoms with Crippen LogP contribution in [0.2, 0.25) is 0 Å². The van der Waals surface area contributed by atoms with E-state index in [1.807, 2.05) is 11.3 Å². The van der Waals surface area contributed by atoms with Gasteiger partial charge in [0.2, 0.25) is 0 Å². The molecule has 3 heteroatoms. The van der Waals surface area contributed by atoms with Gasteiger partial charge in [-0.2, -0.15) is 0 Å². The summed E-state index contributed by atoms with van der Waals surface area (Å²) in [4.78, 5) is 2.62. The lowest BCUT2D eigenvalue weighted by atomic mass is 9.65.